The molecule has 5 rings (SSSR count). The molecule has 1 saturated heterocycles. The smallest absolute Gasteiger partial charge is 0.303 e. The van der Waals surface area contributed by atoms with Gasteiger partial charge in [0, 0.05) is 6.92 Å². The lowest BCUT2D eigenvalue weighted by Crippen LogP contribution is -2.62. The van der Waals surface area contributed by atoms with Crippen molar-refractivity contribution in [1.29, 1.82) is 0 Å². The third kappa shape index (κ3) is 9.32. The zero-order valence-corrected chi connectivity index (χ0v) is 24.3. The molecule has 1 heterocycles. The summed E-state index contributed by atoms with van der Waals surface area (Å²) in [5.74, 6) is -0.462. The molecule has 1 fully saturated rings. The van der Waals surface area contributed by atoms with Gasteiger partial charge in [-0.2, -0.15) is 0 Å². The van der Waals surface area contributed by atoms with E-state index in [0.29, 0.717) is 13.2 Å². The standard InChI is InChI=1S/C36H38O7/c1-27(37)42-35-34(40-24-30-18-10-4-11-19-30)33(39-23-29-16-8-3-9-17-29)32(26-38-22-28-14-6-2-7-15-28)43-36(35)41-25-31-20-12-5-13-21-31/h2-21,32-36H,22-26H2,1H3/t32?,33-,34+,35-,36+/m0/s1. The van der Waals surface area contributed by atoms with Crippen LogP contribution in [0.25, 0.3) is 0 Å². The van der Waals surface area contributed by atoms with Gasteiger partial charge in [0.05, 0.1) is 33.0 Å². The fraction of sp³-hybridized carbons (Fsp3) is 0.306. The van der Waals surface area contributed by atoms with Gasteiger partial charge in [-0.25, -0.2) is 0 Å². The van der Waals surface area contributed by atoms with Crippen molar-refractivity contribution in [2.75, 3.05) is 6.61 Å². The van der Waals surface area contributed by atoms with Gasteiger partial charge >= 0.3 is 5.97 Å². The van der Waals surface area contributed by atoms with Crippen LogP contribution in [-0.4, -0.2) is 43.3 Å². The Hall–Kier alpha value is -3.85. The second-order valence-corrected chi connectivity index (χ2v) is 10.4. The molecule has 0 N–H and O–H groups in total. The molecule has 1 aliphatic heterocycles. The van der Waals surface area contributed by atoms with Crippen LogP contribution in [-0.2, 0) is 59.6 Å². The van der Waals surface area contributed by atoms with E-state index in [4.69, 9.17) is 28.4 Å². The van der Waals surface area contributed by atoms with Crippen LogP contribution in [0.5, 0.6) is 0 Å². The molecule has 7 nitrogen and oxygen atoms in total. The lowest BCUT2D eigenvalue weighted by atomic mass is 9.97. The number of hydrogen-bond donors (Lipinski definition) is 0. The topological polar surface area (TPSA) is 72.5 Å². The first-order chi connectivity index (χ1) is 21.2. The number of benzene rings is 4. The first-order valence-electron chi connectivity index (χ1n) is 14.6. The highest BCUT2D eigenvalue weighted by atomic mass is 16.7. The minimum Gasteiger partial charge on any atom is -0.454 e. The molecule has 0 aliphatic carbocycles. The maximum Gasteiger partial charge on any atom is 0.303 e. The molecule has 5 atom stereocenters. The molecule has 1 aliphatic rings. The van der Waals surface area contributed by atoms with E-state index in [9.17, 15) is 4.79 Å². The van der Waals surface area contributed by atoms with E-state index in [0.717, 1.165) is 22.3 Å². The van der Waals surface area contributed by atoms with E-state index < -0.39 is 36.7 Å². The number of ether oxygens (including phenoxy) is 6. The first kappa shape index (κ1) is 30.6. The predicted molar refractivity (Wildman–Crippen MR) is 162 cm³/mol. The maximum atomic E-state index is 12.4. The van der Waals surface area contributed by atoms with Crippen LogP contribution in [0.4, 0.5) is 0 Å². The van der Waals surface area contributed by atoms with E-state index in [2.05, 4.69) is 0 Å². The summed E-state index contributed by atoms with van der Waals surface area (Å²) in [6.07, 6.45) is -3.68. The van der Waals surface area contributed by atoms with Gasteiger partial charge in [0.2, 0.25) is 0 Å². The molecule has 0 amide bonds. The van der Waals surface area contributed by atoms with Crippen LogP contribution in [0.15, 0.2) is 121 Å². The normalized spacial score (nSPS) is 21.7. The third-order valence-electron chi connectivity index (χ3n) is 7.11. The summed E-state index contributed by atoms with van der Waals surface area (Å²) in [5, 5.41) is 0. The largest absolute Gasteiger partial charge is 0.454 e. The Labute approximate surface area is 253 Å². The van der Waals surface area contributed by atoms with Crippen molar-refractivity contribution in [3.8, 4) is 0 Å². The van der Waals surface area contributed by atoms with Crippen molar-refractivity contribution in [1.82, 2.24) is 0 Å². The minimum atomic E-state index is -0.910. The maximum absolute atomic E-state index is 12.4. The summed E-state index contributed by atoms with van der Waals surface area (Å²) >= 11 is 0. The van der Waals surface area contributed by atoms with Crippen LogP contribution in [0.2, 0.25) is 0 Å². The highest BCUT2D eigenvalue weighted by Crippen LogP contribution is 2.31. The summed E-state index contributed by atoms with van der Waals surface area (Å²) in [4.78, 5) is 12.4. The first-order valence-corrected chi connectivity index (χ1v) is 14.6. The van der Waals surface area contributed by atoms with Crippen molar-refractivity contribution >= 4 is 5.97 Å². The van der Waals surface area contributed by atoms with Gasteiger partial charge < -0.3 is 28.4 Å². The average molecular weight is 583 g/mol. The van der Waals surface area contributed by atoms with Crippen molar-refractivity contribution in [2.24, 2.45) is 0 Å². The molecule has 0 saturated carbocycles. The molecular weight excluding hydrogens is 544 g/mol. The molecule has 0 aromatic heterocycles. The summed E-state index contributed by atoms with van der Waals surface area (Å²) < 4.78 is 37.9. The molecular formula is C36H38O7. The lowest BCUT2D eigenvalue weighted by Gasteiger charge is -2.45. The molecule has 0 radical (unpaired) electrons. The van der Waals surface area contributed by atoms with Gasteiger partial charge in [0.15, 0.2) is 12.4 Å². The SMILES string of the molecule is CC(=O)O[C@@H]1[C@H](OCc2ccccc2)OC(COCc2ccccc2)[C@H](OCc2ccccc2)[C@H]1OCc1ccccc1. The van der Waals surface area contributed by atoms with Gasteiger partial charge in [-0.1, -0.05) is 121 Å². The summed E-state index contributed by atoms with van der Waals surface area (Å²) in [6.45, 7) is 2.87. The van der Waals surface area contributed by atoms with Crippen molar-refractivity contribution < 1.29 is 33.2 Å². The molecule has 7 heteroatoms. The quantitative estimate of drug-likeness (QED) is 0.163. The fourth-order valence-electron chi connectivity index (χ4n) is 5.01. The summed E-state index contributed by atoms with van der Waals surface area (Å²) in [5.41, 5.74) is 4.00. The highest BCUT2D eigenvalue weighted by molar-refractivity contribution is 5.66. The molecule has 0 spiro atoms. The van der Waals surface area contributed by atoms with Gasteiger partial charge in [-0.15, -0.1) is 0 Å². The predicted octanol–water partition coefficient (Wildman–Crippen LogP) is 6.25. The van der Waals surface area contributed by atoms with E-state index in [1.807, 2.05) is 121 Å². The van der Waals surface area contributed by atoms with Crippen molar-refractivity contribution in [3.05, 3.63) is 144 Å². The van der Waals surface area contributed by atoms with Gasteiger partial charge in [-0.05, 0) is 22.3 Å². The molecule has 1 unspecified atom stereocenters. The van der Waals surface area contributed by atoms with Crippen LogP contribution >= 0.6 is 0 Å². The van der Waals surface area contributed by atoms with Crippen molar-refractivity contribution in [2.45, 2.75) is 64.1 Å². The Morgan fingerprint density at radius 2 is 0.977 bits per heavy atom. The lowest BCUT2D eigenvalue weighted by molar-refractivity contribution is -0.323. The molecule has 43 heavy (non-hydrogen) atoms. The third-order valence-corrected chi connectivity index (χ3v) is 7.11. The second kappa shape index (κ2) is 16.1. The monoisotopic (exact) mass is 582 g/mol. The van der Waals surface area contributed by atoms with Crippen LogP contribution in [0.3, 0.4) is 0 Å². The summed E-state index contributed by atoms with van der Waals surface area (Å²) in [7, 11) is 0. The van der Waals surface area contributed by atoms with Crippen LogP contribution in [0, 0.1) is 0 Å². The van der Waals surface area contributed by atoms with E-state index in [1.165, 1.54) is 6.92 Å². The van der Waals surface area contributed by atoms with Gasteiger partial charge in [0.1, 0.15) is 18.3 Å². The zero-order valence-electron chi connectivity index (χ0n) is 24.3. The molecule has 224 valence electrons. The Morgan fingerprint density at radius 3 is 1.44 bits per heavy atom. The molecule has 0 bridgehead atoms. The van der Waals surface area contributed by atoms with E-state index in [-0.39, 0.29) is 19.8 Å². The Morgan fingerprint density at radius 1 is 0.558 bits per heavy atom. The minimum absolute atomic E-state index is 0.220. The van der Waals surface area contributed by atoms with Gasteiger partial charge in [0.25, 0.3) is 0 Å². The second-order valence-electron chi connectivity index (χ2n) is 10.4. The fourth-order valence-corrected chi connectivity index (χ4v) is 5.01. The Kier molecular flexibility index (Phi) is 11.5. The van der Waals surface area contributed by atoms with E-state index >= 15 is 0 Å². The zero-order chi connectivity index (χ0) is 29.7. The number of esters is 1. The molecule has 4 aromatic rings. The highest BCUT2D eigenvalue weighted by Gasteiger charge is 2.50. The van der Waals surface area contributed by atoms with Crippen molar-refractivity contribution in [3.63, 3.8) is 0 Å². The number of hydrogen-bond acceptors (Lipinski definition) is 7. The number of carbonyl (C=O) groups is 1. The Bertz CT molecular complexity index is 1350. The van der Waals surface area contributed by atoms with Crippen LogP contribution in [0.1, 0.15) is 29.2 Å². The Balaban J connectivity index is 1.41. The molecule has 4 aromatic carbocycles. The average Bonchev–Trinajstić information content (AvgIpc) is 3.05. The van der Waals surface area contributed by atoms with Crippen LogP contribution < -0.4 is 0 Å². The van der Waals surface area contributed by atoms with Gasteiger partial charge in [-0.3, -0.25) is 4.79 Å². The number of carbonyl (C=O) groups excluding carboxylic acids is 1. The number of rotatable bonds is 14. The van der Waals surface area contributed by atoms with E-state index in [1.54, 1.807) is 0 Å². The summed E-state index contributed by atoms with van der Waals surface area (Å²) in [6, 6.07) is 39.5.